The monoisotopic (exact) mass is 332 g/mol. The van der Waals surface area contributed by atoms with Crippen molar-refractivity contribution in [2.24, 2.45) is 0 Å². The summed E-state index contributed by atoms with van der Waals surface area (Å²) in [6.07, 6.45) is 5.04. The van der Waals surface area contributed by atoms with Gasteiger partial charge in [-0.2, -0.15) is 0 Å². The van der Waals surface area contributed by atoms with Gasteiger partial charge in [-0.1, -0.05) is 30.3 Å². The van der Waals surface area contributed by atoms with Gasteiger partial charge in [-0.15, -0.1) is 0 Å². The Morgan fingerprint density at radius 2 is 1.88 bits per heavy atom. The summed E-state index contributed by atoms with van der Waals surface area (Å²) in [6.45, 7) is 4.15. The van der Waals surface area contributed by atoms with Gasteiger partial charge in [0.2, 0.25) is 0 Å². The van der Waals surface area contributed by atoms with Gasteiger partial charge in [-0.3, -0.25) is 9.66 Å². The molecule has 2 aromatic heterocycles. The molecule has 0 fully saturated rings. The molecule has 0 amide bonds. The van der Waals surface area contributed by atoms with E-state index < -0.39 is 0 Å². The summed E-state index contributed by atoms with van der Waals surface area (Å²) < 4.78 is 2.25. The van der Waals surface area contributed by atoms with E-state index in [1.807, 2.05) is 12.4 Å². The second kappa shape index (κ2) is 6.37. The van der Waals surface area contributed by atoms with Gasteiger partial charge in [-0.25, -0.2) is 0 Å². The van der Waals surface area contributed by atoms with Gasteiger partial charge in [0.15, 0.2) is 0 Å². The highest BCUT2D eigenvalue weighted by atomic mass is 15.4. The van der Waals surface area contributed by atoms with Gasteiger partial charge in [0.1, 0.15) is 0 Å². The normalized spacial score (nSPS) is 11.8. The zero-order valence-corrected chi connectivity index (χ0v) is 15.1. The maximum absolute atomic E-state index is 4.45. The first kappa shape index (κ1) is 15.9. The number of aryl methyl sites for hydroxylation is 1. The first-order valence-electron chi connectivity index (χ1n) is 8.82. The summed E-state index contributed by atoms with van der Waals surface area (Å²) in [5, 5.41) is 5.05. The Morgan fingerprint density at radius 1 is 1.04 bits per heavy atom. The first-order chi connectivity index (χ1) is 12.2. The average Bonchev–Trinajstić information content (AvgIpc) is 2.94. The lowest BCUT2D eigenvalue weighted by atomic mass is 10.0. The standard InChI is InChI=1S/C21H24N4/c1-15-13-22-14-18-20-17-8-5-4-7-16(17)9-10-19(20)25(21(15)18)23-11-6-12-24(2)3/h4-5,7-10,13-14,23H,6,11-12H2,1-3H3. The molecule has 1 N–H and O–H groups in total. The van der Waals surface area contributed by atoms with Crippen molar-refractivity contribution in [1.29, 1.82) is 0 Å². The van der Waals surface area contributed by atoms with E-state index in [0.717, 1.165) is 19.5 Å². The van der Waals surface area contributed by atoms with E-state index >= 15 is 0 Å². The number of pyridine rings is 1. The van der Waals surface area contributed by atoms with Crippen LogP contribution in [0.2, 0.25) is 0 Å². The summed E-state index contributed by atoms with van der Waals surface area (Å²) in [5.41, 5.74) is 7.27. The van der Waals surface area contributed by atoms with Crippen molar-refractivity contribution in [3.63, 3.8) is 0 Å². The van der Waals surface area contributed by atoms with Gasteiger partial charge >= 0.3 is 0 Å². The van der Waals surface area contributed by atoms with Crippen LogP contribution in [-0.4, -0.2) is 41.7 Å². The minimum Gasteiger partial charge on any atom is -0.325 e. The van der Waals surface area contributed by atoms with Crippen molar-refractivity contribution < 1.29 is 0 Å². The summed E-state index contributed by atoms with van der Waals surface area (Å²) in [7, 11) is 4.23. The molecule has 0 saturated heterocycles. The second-order valence-electron chi connectivity index (χ2n) is 6.93. The Balaban J connectivity index is 1.92. The summed E-state index contributed by atoms with van der Waals surface area (Å²) in [6, 6.07) is 13.0. The van der Waals surface area contributed by atoms with Crippen LogP contribution in [0.4, 0.5) is 0 Å². The molecule has 0 saturated carbocycles. The molecule has 0 bridgehead atoms. The molecule has 0 atom stereocenters. The minimum atomic E-state index is 0.936. The molecule has 25 heavy (non-hydrogen) atoms. The van der Waals surface area contributed by atoms with E-state index in [1.165, 1.54) is 38.1 Å². The Bertz CT molecular complexity index is 1050. The smallest absolute Gasteiger partial charge is 0.0766 e. The molecule has 0 aliphatic rings. The summed E-state index contributed by atoms with van der Waals surface area (Å²) in [5.74, 6) is 0. The third-order valence-electron chi connectivity index (χ3n) is 4.79. The van der Waals surface area contributed by atoms with Crippen LogP contribution in [0.25, 0.3) is 32.6 Å². The predicted octanol–water partition coefficient (Wildman–Crippen LogP) is 4.15. The minimum absolute atomic E-state index is 0.936. The van der Waals surface area contributed by atoms with Crippen LogP contribution in [0.5, 0.6) is 0 Å². The maximum Gasteiger partial charge on any atom is 0.0766 e. The Labute approximate surface area is 148 Å². The van der Waals surface area contributed by atoms with E-state index in [-0.39, 0.29) is 0 Å². The molecule has 0 spiro atoms. The van der Waals surface area contributed by atoms with E-state index in [9.17, 15) is 0 Å². The lowest BCUT2D eigenvalue weighted by molar-refractivity contribution is 0.403. The van der Waals surface area contributed by atoms with Gasteiger partial charge < -0.3 is 10.3 Å². The zero-order valence-electron chi connectivity index (χ0n) is 15.1. The number of aromatic nitrogens is 2. The van der Waals surface area contributed by atoms with Crippen molar-refractivity contribution in [2.45, 2.75) is 13.3 Å². The molecule has 4 heteroatoms. The third-order valence-corrected chi connectivity index (χ3v) is 4.79. The van der Waals surface area contributed by atoms with Gasteiger partial charge in [0.05, 0.1) is 11.0 Å². The molecule has 4 rings (SSSR count). The molecule has 0 radical (unpaired) electrons. The molecule has 0 aliphatic carbocycles. The molecule has 2 heterocycles. The van der Waals surface area contributed by atoms with Crippen molar-refractivity contribution >= 4 is 32.6 Å². The fourth-order valence-corrected chi connectivity index (χ4v) is 3.64. The van der Waals surface area contributed by atoms with Gasteiger partial charge in [-0.05, 0) is 56.4 Å². The highest BCUT2D eigenvalue weighted by molar-refractivity contribution is 6.20. The van der Waals surface area contributed by atoms with Gasteiger partial charge in [0.25, 0.3) is 0 Å². The van der Waals surface area contributed by atoms with Crippen LogP contribution >= 0.6 is 0 Å². The third kappa shape index (κ3) is 2.72. The zero-order chi connectivity index (χ0) is 17.4. The average molecular weight is 332 g/mol. The topological polar surface area (TPSA) is 33.1 Å². The van der Waals surface area contributed by atoms with Crippen molar-refractivity contribution in [3.05, 3.63) is 54.4 Å². The van der Waals surface area contributed by atoms with Crippen LogP contribution in [0.1, 0.15) is 12.0 Å². The van der Waals surface area contributed by atoms with E-state index in [2.05, 4.69) is 77.4 Å². The highest BCUT2D eigenvalue weighted by Crippen LogP contribution is 2.34. The van der Waals surface area contributed by atoms with Gasteiger partial charge in [0, 0.05) is 29.7 Å². The molecule has 2 aromatic carbocycles. The molecule has 128 valence electrons. The summed E-state index contributed by atoms with van der Waals surface area (Å²) in [4.78, 5) is 6.67. The number of hydrogen-bond acceptors (Lipinski definition) is 3. The number of benzene rings is 2. The van der Waals surface area contributed by atoms with Crippen molar-refractivity contribution in [1.82, 2.24) is 14.6 Å². The first-order valence-corrected chi connectivity index (χ1v) is 8.82. The quantitative estimate of drug-likeness (QED) is 0.557. The Hall–Kier alpha value is -2.59. The van der Waals surface area contributed by atoms with E-state index in [1.54, 1.807) is 0 Å². The molecular weight excluding hydrogens is 308 g/mol. The SMILES string of the molecule is Cc1cncc2c3c4ccccc4ccc3n(NCCCN(C)C)c12. The Morgan fingerprint density at radius 3 is 2.72 bits per heavy atom. The van der Waals surface area contributed by atoms with Crippen molar-refractivity contribution in [3.8, 4) is 0 Å². The Kier molecular flexibility index (Phi) is 4.06. The number of hydrogen-bond donors (Lipinski definition) is 1. The predicted molar refractivity (Wildman–Crippen MR) is 107 cm³/mol. The fourth-order valence-electron chi connectivity index (χ4n) is 3.64. The number of nitrogens with zero attached hydrogens (tertiary/aromatic N) is 3. The van der Waals surface area contributed by atoms with Crippen LogP contribution in [-0.2, 0) is 0 Å². The number of nitrogens with one attached hydrogen (secondary N) is 1. The molecule has 4 nitrogen and oxygen atoms in total. The van der Waals surface area contributed by atoms with Crippen LogP contribution in [0.3, 0.4) is 0 Å². The molecule has 0 unspecified atom stereocenters. The van der Waals surface area contributed by atoms with Crippen LogP contribution < -0.4 is 5.43 Å². The largest absolute Gasteiger partial charge is 0.325 e. The lowest BCUT2D eigenvalue weighted by Crippen LogP contribution is -2.21. The molecule has 0 aliphatic heterocycles. The number of rotatable bonds is 5. The van der Waals surface area contributed by atoms with Crippen LogP contribution in [0.15, 0.2) is 48.8 Å². The molecule has 4 aromatic rings. The summed E-state index contributed by atoms with van der Waals surface area (Å²) >= 11 is 0. The number of fused-ring (bicyclic) bond motifs is 5. The molecular formula is C21H24N4. The fraction of sp³-hybridized carbons (Fsp3) is 0.286. The van der Waals surface area contributed by atoms with Crippen molar-refractivity contribution in [2.75, 3.05) is 32.6 Å². The lowest BCUT2D eigenvalue weighted by Gasteiger charge is -2.14. The maximum atomic E-state index is 4.45. The van der Waals surface area contributed by atoms with Crippen LogP contribution in [0, 0.1) is 6.92 Å². The second-order valence-corrected chi connectivity index (χ2v) is 6.93. The van der Waals surface area contributed by atoms with E-state index in [4.69, 9.17) is 0 Å². The van der Waals surface area contributed by atoms with E-state index in [0.29, 0.717) is 0 Å². The highest BCUT2D eigenvalue weighted by Gasteiger charge is 2.15.